The Balaban J connectivity index is 1.91. The minimum absolute atomic E-state index is 0.108. The van der Waals surface area contributed by atoms with Gasteiger partial charge in [0.25, 0.3) is 15.9 Å². The number of hydrogen-bond donors (Lipinski definition) is 1. The Bertz CT molecular complexity index is 1140. The van der Waals surface area contributed by atoms with Crippen molar-refractivity contribution in [3.05, 3.63) is 65.2 Å². The third-order valence-electron chi connectivity index (χ3n) is 4.28. The summed E-state index contributed by atoms with van der Waals surface area (Å²) in [4.78, 5) is 13.9. The summed E-state index contributed by atoms with van der Waals surface area (Å²) in [5, 5.41) is 1.47. The molecule has 126 valence electrons. The number of hydrogen-bond acceptors (Lipinski definition) is 3. The first-order valence-corrected chi connectivity index (χ1v) is 9.37. The van der Waals surface area contributed by atoms with Gasteiger partial charge in [0.05, 0.1) is 21.3 Å². The summed E-state index contributed by atoms with van der Waals surface area (Å²) in [6.07, 6.45) is 0. The molecule has 5 nitrogen and oxygen atoms in total. The number of sulfonamides is 1. The molecule has 7 heteroatoms. The quantitative estimate of drug-likeness (QED) is 0.758. The van der Waals surface area contributed by atoms with Gasteiger partial charge in [-0.05, 0) is 30.3 Å². The van der Waals surface area contributed by atoms with E-state index in [4.69, 9.17) is 11.6 Å². The lowest BCUT2D eigenvalue weighted by molar-refractivity contribution is 0.0999. The van der Waals surface area contributed by atoms with Gasteiger partial charge >= 0.3 is 0 Å². The molecule has 3 aromatic carbocycles. The fourth-order valence-corrected chi connectivity index (χ4v) is 4.61. The first-order valence-electron chi connectivity index (χ1n) is 7.51. The van der Waals surface area contributed by atoms with Gasteiger partial charge in [0.1, 0.15) is 0 Å². The van der Waals surface area contributed by atoms with E-state index < -0.39 is 10.0 Å². The lowest BCUT2D eigenvalue weighted by Crippen LogP contribution is -2.20. The van der Waals surface area contributed by atoms with Gasteiger partial charge in [0.2, 0.25) is 0 Å². The third-order valence-corrected chi connectivity index (χ3v) is 6.04. The summed E-state index contributed by atoms with van der Waals surface area (Å²) < 4.78 is 28.3. The molecule has 0 saturated carbocycles. The SMILES string of the molecule is CN1C(=O)c2cccc3c(S(=O)(=O)Nc4ccccc4Cl)ccc1c23. The summed E-state index contributed by atoms with van der Waals surface area (Å²) in [5.74, 6) is -0.144. The van der Waals surface area contributed by atoms with Crippen LogP contribution in [-0.4, -0.2) is 21.4 Å². The molecular weight excluding hydrogens is 360 g/mol. The highest BCUT2D eigenvalue weighted by molar-refractivity contribution is 7.93. The summed E-state index contributed by atoms with van der Waals surface area (Å²) in [6, 6.07) is 14.9. The zero-order chi connectivity index (χ0) is 17.8. The van der Waals surface area contributed by atoms with E-state index >= 15 is 0 Å². The van der Waals surface area contributed by atoms with Crippen LogP contribution in [0.2, 0.25) is 5.02 Å². The zero-order valence-corrected chi connectivity index (χ0v) is 14.7. The second-order valence-corrected chi connectivity index (χ2v) is 7.82. The maximum absolute atomic E-state index is 12.9. The highest BCUT2D eigenvalue weighted by Gasteiger charge is 2.30. The van der Waals surface area contributed by atoms with Crippen LogP contribution in [0.25, 0.3) is 10.8 Å². The number of benzene rings is 3. The average molecular weight is 373 g/mol. The molecule has 4 rings (SSSR count). The molecule has 0 bridgehead atoms. The molecule has 0 spiro atoms. The van der Waals surface area contributed by atoms with Gasteiger partial charge in [-0.3, -0.25) is 9.52 Å². The van der Waals surface area contributed by atoms with Crippen LogP contribution in [0.1, 0.15) is 10.4 Å². The van der Waals surface area contributed by atoms with Gasteiger partial charge in [0.15, 0.2) is 0 Å². The van der Waals surface area contributed by atoms with Crippen molar-refractivity contribution in [2.24, 2.45) is 0 Å². The molecule has 1 N–H and O–H groups in total. The van der Waals surface area contributed by atoms with Crippen molar-refractivity contribution in [1.82, 2.24) is 0 Å². The van der Waals surface area contributed by atoms with Gasteiger partial charge in [-0.15, -0.1) is 0 Å². The maximum Gasteiger partial charge on any atom is 0.262 e. The van der Waals surface area contributed by atoms with Crippen LogP contribution in [0.15, 0.2) is 59.5 Å². The molecule has 0 fully saturated rings. The number of anilines is 2. The van der Waals surface area contributed by atoms with E-state index in [1.165, 1.54) is 11.0 Å². The summed E-state index contributed by atoms with van der Waals surface area (Å²) in [6.45, 7) is 0. The normalized spacial score (nSPS) is 13.5. The average Bonchev–Trinajstić information content (AvgIpc) is 2.84. The topological polar surface area (TPSA) is 66.5 Å². The highest BCUT2D eigenvalue weighted by atomic mass is 35.5. The van der Waals surface area contributed by atoms with Crippen molar-refractivity contribution in [1.29, 1.82) is 0 Å². The van der Waals surface area contributed by atoms with E-state index in [2.05, 4.69) is 4.72 Å². The molecule has 1 amide bonds. The predicted octanol–water partition coefficient (Wildman–Crippen LogP) is 3.88. The fraction of sp³-hybridized carbons (Fsp3) is 0.0556. The number of rotatable bonds is 3. The number of nitrogens with one attached hydrogen (secondary N) is 1. The number of amides is 1. The molecule has 3 aromatic rings. The van der Waals surface area contributed by atoms with Crippen LogP contribution in [0.5, 0.6) is 0 Å². The minimum atomic E-state index is -3.87. The van der Waals surface area contributed by atoms with E-state index in [1.807, 2.05) is 0 Å². The smallest absolute Gasteiger partial charge is 0.262 e. The number of nitrogens with zero attached hydrogens (tertiary/aromatic N) is 1. The second-order valence-electron chi connectivity index (χ2n) is 5.76. The third kappa shape index (κ3) is 2.37. The molecule has 1 aliphatic rings. The Morgan fingerprint density at radius 3 is 2.52 bits per heavy atom. The van der Waals surface area contributed by atoms with Gasteiger partial charge < -0.3 is 4.90 Å². The molecule has 25 heavy (non-hydrogen) atoms. The van der Waals surface area contributed by atoms with Crippen molar-refractivity contribution in [2.45, 2.75) is 4.90 Å². The van der Waals surface area contributed by atoms with Crippen molar-refractivity contribution >= 4 is 49.7 Å². The van der Waals surface area contributed by atoms with Gasteiger partial charge in [-0.25, -0.2) is 8.42 Å². The van der Waals surface area contributed by atoms with Crippen LogP contribution in [0, 0.1) is 0 Å². The molecule has 0 radical (unpaired) electrons. The van der Waals surface area contributed by atoms with E-state index in [-0.39, 0.29) is 10.8 Å². The molecule has 0 atom stereocenters. The number of para-hydroxylation sites is 1. The van der Waals surface area contributed by atoms with Gasteiger partial charge in [0, 0.05) is 23.4 Å². The fourth-order valence-electron chi connectivity index (χ4n) is 3.09. The zero-order valence-electron chi connectivity index (χ0n) is 13.2. The molecule has 0 unspecified atom stereocenters. The standard InChI is InChI=1S/C18H13ClN2O3S/c1-21-15-9-10-16(11-5-4-6-12(17(11)15)18(21)22)25(23,24)20-14-8-3-2-7-13(14)19/h2-10,20H,1H3. The van der Waals surface area contributed by atoms with E-state index in [0.717, 1.165) is 0 Å². The van der Waals surface area contributed by atoms with Crippen molar-refractivity contribution in [2.75, 3.05) is 16.7 Å². The van der Waals surface area contributed by atoms with Crippen molar-refractivity contribution in [3.8, 4) is 0 Å². The predicted molar refractivity (Wildman–Crippen MR) is 98.9 cm³/mol. The van der Waals surface area contributed by atoms with Crippen LogP contribution in [0.4, 0.5) is 11.4 Å². The molecule has 0 saturated heterocycles. The van der Waals surface area contributed by atoms with E-state index in [9.17, 15) is 13.2 Å². The minimum Gasteiger partial charge on any atom is -0.311 e. The van der Waals surface area contributed by atoms with Crippen LogP contribution < -0.4 is 9.62 Å². The number of carbonyl (C=O) groups is 1. The molecule has 1 aliphatic heterocycles. The van der Waals surface area contributed by atoms with Gasteiger partial charge in [-0.2, -0.15) is 0 Å². The Kier molecular flexibility index (Phi) is 3.49. The Hall–Kier alpha value is -2.57. The first kappa shape index (κ1) is 15.9. The Labute approximate surface area is 149 Å². The molecule has 0 aliphatic carbocycles. The Morgan fingerprint density at radius 1 is 1.00 bits per heavy atom. The summed E-state index contributed by atoms with van der Waals surface area (Å²) in [7, 11) is -2.19. The van der Waals surface area contributed by atoms with E-state index in [0.29, 0.717) is 32.7 Å². The van der Waals surface area contributed by atoms with Gasteiger partial charge in [-0.1, -0.05) is 35.9 Å². The molecule has 0 aromatic heterocycles. The maximum atomic E-state index is 12.9. The van der Waals surface area contributed by atoms with Crippen molar-refractivity contribution < 1.29 is 13.2 Å². The van der Waals surface area contributed by atoms with Crippen LogP contribution >= 0.6 is 11.6 Å². The van der Waals surface area contributed by atoms with E-state index in [1.54, 1.807) is 55.6 Å². The largest absolute Gasteiger partial charge is 0.311 e. The highest BCUT2D eigenvalue weighted by Crippen LogP contribution is 2.39. The molecular formula is C18H13ClN2O3S. The number of carbonyl (C=O) groups excluding carboxylic acids is 1. The molecule has 1 heterocycles. The monoisotopic (exact) mass is 372 g/mol. The summed E-state index contributed by atoms with van der Waals surface area (Å²) in [5.41, 5.74) is 1.51. The lowest BCUT2D eigenvalue weighted by Gasteiger charge is -2.13. The second kappa shape index (κ2) is 5.47. The van der Waals surface area contributed by atoms with Crippen LogP contribution in [0.3, 0.4) is 0 Å². The number of halogens is 1. The lowest BCUT2D eigenvalue weighted by atomic mass is 10.1. The Morgan fingerprint density at radius 2 is 1.76 bits per heavy atom. The van der Waals surface area contributed by atoms with Crippen molar-refractivity contribution in [3.63, 3.8) is 0 Å². The van der Waals surface area contributed by atoms with Crippen LogP contribution in [-0.2, 0) is 10.0 Å². The first-order chi connectivity index (χ1) is 11.9. The summed E-state index contributed by atoms with van der Waals surface area (Å²) >= 11 is 6.06.